The van der Waals surface area contributed by atoms with Crippen molar-refractivity contribution in [2.24, 2.45) is 5.41 Å². The van der Waals surface area contributed by atoms with Crippen LogP contribution in [0.3, 0.4) is 0 Å². The van der Waals surface area contributed by atoms with Gasteiger partial charge < -0.3 is 10.6 Å². The number of carbonyl (C=O) groups is 3. The van der Waals surface area contributed by atoms with Crippen molar-refractivity contribution in [1.82, 2.24) is 10.6 Å². The lowest BCUT2D eigenvalue weighted by Crippen LogP contribution is -2.59. The first-order valence-electron chi connectivity index (χ1n) is 7.89. The minimum atomic E-state index is -1.06. The molecule has 24 heavy (non-hydrogen) atoms. The third kappa shape index (κ3) is 5.41. The molecule has 0 fully saturated rings. The molecule has 2 N–H and O–H groups in total. The molecule has 0 unspecified atom stereocenters. The van der Waals surface area contributed by atoms with Crippen LogP contribution in [0, 0.1) is 5.41 Å². The molecule has 0 aliphatic carbocycles. The Balaban J connectivity index is 5.39. The Bertz CT molecular complexity index is 483. The van der Waals surface area contributed by atoms with E-state index in [1.54, 1.807) is 34.7 Å². The van der Waals surface area contributed by atoms with Crippen molar-refractivity contribution in [3.05, 3.63) is 0 Å². The highest BCUT2D eigenvalue weighted by Crippen LogP contribution is 2.28. The van der Waals surface area contributed by atoms with Gasteiger partial charge in [0, 0.05) is 30.1 Å². The largest absolute Gasteiger partial charge is 0.343 e. The van der Waals surface area contributed by atoms with Crippen molar-refractivity contribution >= 4 is 55.4 Å². The number of likely N-dealkylation sites (N-methyl/N-ethyl adjacent to an activating group) is 1. The van der Waals surface area contributed by atoms with E-state index in [-0.39, 0.29) is 35.4 Å². The van der Waals surface area contributed by atoms with Crippen molar-refractivity contribution in [3.8, 4) is 0 Å². The van der Waals surface area contributed by atoms with Crippen LogP contribution in [0.1, 0.15) is 40.5 Å². The van der Waals surface area contributed by atoms with E-state index in [1.165, 1.54) is 0 Å². The van der Waals surface area contributed by atoms with Gasteiger partial charge in [-0.2, -0.15) is 37.9 Å². The summed E-state index contributed by atoms with van der Waals surface area (Å²) in [6.07, 6.45) is 0.300. The van der Waals surface area contributed by atoms with E-state index in [1.807, 2.05) is 0 Å². The minimum absolute atomic E-state index is 0.00317. The van der Waals surface area contributed by atoms with Gasteiger partial charge in [0.25, 0.3) is 0 Å². The summed E-state index contributed by atoms with van der Waals surface area (Å²) in [4.78, 5) is 37.5. The normalized spacial score (nSPS) is 18.8. The lowest BCUT2D eigenvalue weighted by atomic mass is 9.80. The van der Waals surface area contributed by atoms with Crippen molar-refractivity contribution in [3.63, 3.8) is 0 Å². The fraction of sp³-hybridized carbons (Fsp3) is 0.812. The van der Waals surface area contributed by atoms with Gasteiger partial charge >= 0.3 is 0 Å². The molecule has 0 saturated carbocycles. The highest BCUT2D eigenvalue weighted by molar-refractivity contribution is 7.80. The fourth-order valence-corrected chi connectivity index (χ4v) is 2.90. The number of rotatable bonds is 11. The summed E-state index contributed by atoms with van der Waals surface area (Å²) in [5.74, 6) is 0.0826. The molecule has 8 heteroatoms. The Hall–Kier alpha value is -0.180. The van der Waals surface area contributed by atoms with Crippen LogP contribution < -0.4 is 10.6 Å². The smallest absolute Gasteiger partial charge is 0.228 e. The van der Waals surface area contributed by atoms with E-state index < -0.39 is 16.5 Å². The van der Waals surface area contributed by atoms with Crippen LogP contribution in [0.15, 0.2) is 0 Å². The van der Waals surface area contributed by atoms with Crippen molar-refractivity contribution in [2.45, 2.75) is 51.6 Å². The molecule has 0 aliphatic rings. The second-order valence-corrected chi connectivity index (χ2v) is 7.73. The standard InChI is InChI=1S/C16H30N2O3S3/c1-6-11(19)16(4,10-24)18-13(21)14(2,8-22)7-12(20)15(3,9-23)17-5/h17,22-24H,6-10H2,1-5H3,(H,18,21)/t14-,15-,16-/m0/s1. The highest BCUT2D eigenvalue weighted by Gasteiger charge is 2.43. The Morgan fingerprint density at radius 3 is 1.71 bits per heavy atom. The molecule has 140 valence electrons. The van der Waals surface area contributed by atoms with Gasteiger partial charge in [0.15, 0.2) is 11.6 Å². The molecule has 0 rings (SSSR count). The zero-order valence-electron chi connectivity index (χ0n) is 15.1. The predicted octanol–water partition coefficient (Wildman–Crippen LogP) is 1.57. The average molecular weight is 395 g/mol. The van der Waals surface area contributed by atoms with Crippen LogP contribution in [-0.2, 0) is 14.4 Å². The van der Waals surface area contributed by atoms with E-state index >= 15 is 0 Å². The van der Waals surface area contributed by atoms with Crippen molar-refractivity contribution < 1.29 is 14.4 Å². The predicted molar refractivity (Wildman–Crippen MR) is 109 cm³/mol. The summed E-state index contributed by atoms with van der Waals surface area (Å²) in [6, 6.07) is 0. The topological polar surface area (TPSA) is 75.3 Å². The number of ketones is 2. The maximum absolute atomic E-state index is 12.8. The molecule has 0 aromatic carbocycles. The zero-order valence-corrected chi connectivity index (χ0v) is 17.8. The molecular formula is C16H30N2O3S3. The molecule has 1 amide bonds. The summed E-state index contributed by atoms with van der Waals surface area (Å²) in [5.41, 5.74) is -2.91. The minimum Gasteiger partial charge on any atom is -0.343 e. The Morgan fingerprint density at radius 1 is 0.875 bits per heavy atom. The third-order valence-electron chi connectivity index (χ3n) is 4.57. The summed E-state index contributed by atoms with van der Waals surface area (Å²) in [7, 11) is 1.68. The Labute approximate surface area is 161 Å². The van der Waals surface area contributed by atoms with Gasteiger partial charge in [0.2, 0.25) is 5.91 Å². The molecule has 5 nitrogen and oxygen atoms in total. The number of nitrogens with one attached hydrogen (secondary N) is 2. The number of hydrogen-bond donors (Lipinski definition) is 5. The van der Waals surface area contributed by atoms with Gasteiger partial charge in [0.05, 0.1) is 11.0 Å². The van der Waals surface area contributed by atoms with Gasteiger partial charge in [-0.25, -0.2) is 0 Å². The number of hydrogen-bond acceptors (Lipinski definition) is 7. The summed E-state index contributed by atoms with van der Waals surface area (Å²) in [5, 5.41) is 5.72. The van der Waals surface area contributed by atoms with E-state index in [0.29, 0.717) is 12.2 Å². The molecule has 0 saturated heterocycles. The second kappa shape index (κ2) is 9.50. The second-order valence-electron chi connectivity index (χ2n) is 6.78. The van der Waals surface area contributed by atoms with Crippen molar-refractivity contribution in [2.75, 3.05) is 24.3 Å². The molecule has 0 radical (unpaired) electrons. The van der Waals surface area contributed by atoms with Crippen molar-refractivity contribution in [1.29, 1.82) is 0 Å². The fourth-order valence-electron chi connectivity index (χ4n) is 2.05. The number of amides is 1. The number of carbonyl (C=O) groups excluding carboxylic acids is 3. The van der Waals surface area contributed by atoms with Gasteiger partial charge in [-0.15, -0.1) is 0 Å². The molecule has 0 aliphatic heterocycles. The van der Waals surface area contributed by atoms with E-state index in [0.717, 1.165) is 0 Å². The lowest BCUT2D eigenvalue weighted by Gasteiger charge is -2.35. The molecule has 3 atom stereocenters. The lowest BCUT2D eigenvalue weighted by molar-refractivity contribution is -0.139. The average Bonchev–Trinajstić information content (AvgIpc) is 2.59. The summed E-state index contributed by atoms with van der Waals surface area (Å²) >= 11 is 12.7. The maximum atomic E-state index is 12.8. The van der Waals surface area contributed by atoms with Crippen LogP contribution in [0.4, 0.5) is 0 Å². The first-order chi connectivity index (χ1) is 11.0. The van der Waals surface area contributed by atoms with Crippen LogP contribution in [0.2, 0.25) is 0 Å². The van der Waals surface area contributed by atoms with E-state index in [2.05, 4.69) is 48.5 Å². The maximum Gasteiger partial charge on any atom is 0.228 e. The van der Waals surface area contributed by atoms with Crippen LogP contribution in [0.25, 0.3) is 0 Å². The molecule has 0 heterocycles. The SMILES string of the molecule is CCC(=O)[C@](C)(CS)NC(=O)[C@](C)(CS)CC(=O)[C@](C)(CS)NC. The molecule has 0 spiro atoms. The number of thiol groups is 3. The Kier molecular flexibility index (Phi) is 9.43. The summed E-state index contributed by atoms with van der Waals surface area (Å²) < 4.78 is 0. The quantitative estimate of drug-likeness (QED) is 0.345. The first kappa shape index (κ1) is 23.8. The summed E-state index contributed by atoms with van der Waals surface area (Å²) in [6.45, 7) is 6.81. The molecule has 0 bridgehead atoms. The zero-order chi connectivity index (χ0) is 19.2. The van der Waals surface area contributed by atoms with Crippen LogP contribution in [-0.4, -0.2) is 52.9 Å². The van der Waals surface area contributed by atoms with Gasteiger partial charge in [0.1, 0.15) is 5.54 Å². The third-order valence-corrected chi connectivity index (χ3v) is 6.54. The van der Waals surface area contributed by atoms with Gasteiger partial charge in [-0.1, -0.05) is 6.92 Å². The molecular weight excluding hydrogens is 364 g/mol. The highest BCUT2D eigenvalue weighted by atomic mass is 32.1. The molecule has 0 aromatic heterocycles. The number of Topliss-reactive ketones (excluding diaryl/α,β-unsaturated/α-hetero) is 2. The van der Waals surface area contributed by atoms with Gasteiger partial charge in [-0.05, 0) is 27.8 Å². The van der Waals surface area contributed by atoms with E-state index in [9.17, 15) is 14.4 Å². The molecule has 0 aromatic rings. The van der Waals surface area contributed by atoms with Crippen LogP contribution in [0.5, 0.6) is 0 Å². The van der Waals surface area contributed by atoms with Crippen LogP contribution >= 0.6 is 37.9 Å². The van der Waals surface area contributed by atoms with Gasteiger partial charge in [-0.3, -0.25) is 14.4 Å². The Morgan fingerprint density at radius 2 is 1.38 bits per heavy atom. The monoisotopic (exact) mass is 394 g/mol. The first-order valence-corrected chi connectivity index (χ1v) is 9.79. The van der Waals surface area contributed by atoms with E-state index in [4.69, 9.17) is 0 Å².